The molecule has 1 aliphatic heterocycles. The molecule has 0 bridgehead atoms. The lowest BCUT2D eigenvalue weighted by molar-refractivity contribution is -0.143. The Morgan fingerprint density at radius 3 is 2.25 bits per heavy atom. The average molecular weight is 273 g/mol. The summed E-state index contributed by atoms with van der Waals surface area (Å²) < 4.78 is 0. The highest BCUT2D eigenvalue weighted by atomic mass is 16.2. The van der Waals surface area contributed by atoms with E-state index in [2.05, 4.69) is 0 Å². The number of nitrogens with two attached hydrogens (primary N) is 2. The zero-order chi connectivity index (χ0) is 14.5. The molecule has 3 unspecified atom stereocenters. The Labute approximate surface area is 115 Å². The van der Waals surface area contributed by atoms with E-state index in [9.17, 15) is 14.4 Å². The summed E-state index contributed by atoms with van der Waals surface area (Å²) in [6, 6.07) is 8.56. The Hall–Kier alpha value is -2.21. The van der Waals surface area contributed by atoms with Crippen LogP contribution in [0.2, 0.25) is 0 Å². The van der Waals surface area contributed by atoms with Gasteiger partial charge >= 0.3 is 0 Å². The van der Waals surface area contributed by atoms with E-state index in [0.717, 1.165) is 4.90 Å². The van der Waals surface area contributed by atoms with Crippen LogP contribution >= 0.6 is 0 Å². The van der Waals surface area contributed by atoms with Crippen LogP contribution in [0.4, 0.5) is 0 Å². The topological polar surface area (TPSA) is 106 Å². The molecule has 4 N–H and O–H groups in total. The van der Waals surface area contributed by atoms with Crippen LogP contribution in [0.25, 0.3) is 0 Å². The minimum atomic E-state index is -1.55. The van der Waals surface area contributed by atoms with Crippen molar-refractivity contribution in [2.45, 2.75) is 12.0 Å². The highest BCUT2D eigenvalue weighted by Crippen LogP contribution is 2.47. The van der Waals surface area contributed by atoms with Crippen LogP contribution in [0, 0.1) is 11.8 Å². The molecule has 0 spiro atoms. The molecule has 104 valence electrons. The van der Waals surface area contributed by atoms with Crippen molar-refractivity contribution in [1.29, 1.82) is 0 Å². The van der Waals surface area contributed by atoms with Crippen LogP contribution in [-0.4, -0.2) is 29.2 Å². The van der Waals surface area contributed by atoms with Gasteiger partial charge in [-0.05, 0) is 12.0 Å². The third-order valence-corrected chi connectivity index (χ3v) is 4.09. The van der Waals surface area contributed by atoms with E-state index in [1.54, 1.807) is 30.3 Å². The van der Waals surface area contributed by atoms with Crippen molar-refractivity contribution in [1.82, 2.24) is 4.90 Å². The van der Waals surface area contributed by atoms with Gasteiger partial charge in [-0.3, -0.25) is 19.3 Å². The quantitative estimate of drug-likeness (QED) is 0.709. The summed E-state index contributed by atoms with van der Waals surface area (Å²) in [5, 5.41) is 0. The Morgan fingerprint density at radius 2 is 1.75 bits per heavy atom. The molecule has 1 saturated carbocycles. The van der Waals surface area contributed by atoms with Gasteiger partial charge in [0.05, 0.1) is 18.4 Å². The fourth-order valence-corrected chi connectivity index (χ4v) is 2.70. The number of amides is 3. The van der Waals surface area contributed by atoms with Crippen molar-refractivity contribution in [2.24, 2.45) is 23.3 Å². The van der Waals surface area contributed by atoms with Gasteiger partial charge in [0.2, 0.25) is 17.7 Å². The average Bonchev–Trinajstić information content (AvgIpc) is 3.20. The van der Waals surface area contributed by atoms with Crippen molar-refractivity contribution in [3.63, 3.8) is 0 Å². The SMILES string of the molecule is NC(=O)C(N)(CN1C(=O)C2CC2C1=O)c1ccccc1. The minimum Gasteiger partial charge on any atom is -0.368 e. The second-order valence-electron chi connectivity index (χ2n) is 5.41. The molecule has 3 atom stereocenters. The van der Waals surface area contributed by atoms with E-state index >= 15 is 0 Å². The van der Waals surface area contributed by atoms with Gasteiger partial charge in [-0.15, -0.1) is 0 Å². The number of primary amides is 1. The van der Waals surface area contributed by atoms with E-state index in [-0.39, 0.29) is 30.2 Å². The molecule has 6 nitrogen and oxygen atoms in total. The number of carbonyl (C=O) groups is 3. The maximum Gasteiger partial charge on any atom is 0.243 e. The highest BCUT2D eigenvalue weighted by Gasteiger charge is 2.60. The van der Waals surface area contributed by atoms with Crippen LogP contribution in [0.15, 0.2) is 30.3 Å². The Bertz CT molecular complexity index is 581. The maximum absolute atomic E-state index is 12.0. The monoisotopic (exact) mass is 273 g/mol. The summed E-state index contributed by atoms with van der Waals surface area (Å²) in [6.45, 7) is -0.197. The second kappa shape index (κ2) is 4.14. The normalized spacial score (nSPS) is 27.1. The fraction of sp³-hybridized carbons (Fsp3) is 0.357. The van der Waals surface area contributed by atoms with Crippen LogP contribution in [0.5, 0.6) is 0 Å². The first-order valence-corrected chi connectivity index (χ1v) is 6.44. The molecule has 0 radical (unpaired) electrons. The van der Waals surface area contributed by atoms with Crippen molar-refractivity contribution >= 4 is 17.7 Å². The highest BCUT2D eigenvalue weighted by molar-refractivity contribution is 6.09. The van der Waals surface area contributed by atoms with Crippen LogP contribution in [-0.2, 0) is 19.9 Å². The maximum atomic E-state index is 12.0. The molecule has 6 heteroatoms. The zero-order valence-corrected chi connectivity index (χ0v) is 10.8. The van der Waals surface area contributed by atoms with E-state index in [0.29, 0.717) is 12.0 Å². The molecule has 3 rings (SSSR count). The van der Waals surface area contributed by atoms with E-state index in [1.807, 2.05) is 0 Å². The number of fused-ring (bicyclic) bond motifs is 1. The first kappa shape index (κ1) is 12.8. The molecule has 0 aromatic heterocycles. The summed E-state index contributed by atoms with van der Waals surface area (Å²) in [5.41, 5.74) is 10.5. The minimum absolute atomic E-state index is 0.197. The number of hydrogen-bond donors (Lipinski definition) is 2. The van der Waals surface area contributed by atoms with Gasteiger partial charge in [0.15, 0.2) is 0 Å². The number of imide groups is 1. The van der Waals surface area contributed by atoms with Gasteiger partial charge in [0.1, 0.15) is 5.54 Å². The predicted molar refractivity (Wildman–Crippen MR) is 69.8 cm³/mol. The summed E-state index contributed by atoms with van der Waals surface area (Å²) in [6.07, 6.45) is 0.619. The molecular weight excluding hydrogens is 258 g/mol. The molecule has 2 fully saturated rings. The van der Waals surface area contributed by atoms with Crippen molar-refractivity contribution in [3.8, 4) is 0 Å². The smallest absolute Gasteiger partial charge is 0.243 e. The third kappa shape index (κ3) is 1.72. The van der Waals surface area contributed by atoms with Crippen LogP contribution in [0.1, 0.15) is 12.0 Å². The number of nitrogens with zero attached hydrogens (tertiary/aromatic N) is 1. The summed E-state index contributed by atoms with van der Waals surface area (Å²) in [5.74, 6) is -1.67. The molecule has 2 aliphatic rings. The Balaban J connectivity index is 1.91. The van der Waals surface area contributed by atoms with Crippen molar-refractivity contribution in [3.05, 3.63) is 35.9 Å². The van der Waals surface area contributed by atoms with Crippen molar-refractivity contribution < 1.29 is 14.4 Å². The second-order valence-corrected chi connectivity index (χ2v) is 5.41. The summed E-state index contributed by atoms with van der Waals surface area (Å²) in [7, 11) is 0. The zero-order valence-electron chi connectivity index (χ0n) is 10.8. The van der Waals surface area contributed by atoms with Gasteiger partial charge in [0, 0.05) is 0 Å². The largest absolute Gasteiger partial charge is 0.368 e. The molecule has 1 aliphatic carbocycles. The van der Waals surface area contributed by atoms with Gasteiger partial charge in [-0.25, -0.2) is 0 Å². The lowest BCUT2D eigenvalue weighted by atomic mass is 9.89. The van der Waals surface area contributed by atoms with Crippen molar-refractivity contribution in [2.75, 3.05) is 6.54 Å². The third-order valence-electron chi connectivity index (χ3n) is 4.09. The number of rotatable bonds is 4. The molecule has 20 heavy (non-hydrogen) atoms. The van der Waals surface area contributed by atoms with E-state index in [1.165, 1.54) is 0 Å². The lowest BCUT2D eigenvalue weighted by Gasteiger charge is -2.31. The van der Waals surface area contributed by atoms with Crippen LogP contribution in [0.3, 0.4) is 0 Å². The number of carbonyl (C=O) groups excluding carboxylic acids is 3. The van der Waals surface area contributed by atoms with E-state index < -0.39 is 11.4 Å². The molecule has 1 saturated heterocycles. The lowest BCUT2D eigenvalue weighted by Crippen LogP contribution is -2.57. The van der Waals surface area contributed by atoms with Gasteiger partial charge in [0.25, 0.3) is 0 Å². The molecule has 1 heterocycles. The fourth-order valence-electron chi connectivity index (χ4n) is 2.70. The van der Waals surface area contributed by atoms with E-state index in [4.69, 9.17) is 11.5 Å². The number of piperidine rings is 1. The summed E-state index contributed by atoms with van der Waals surface area (Å²) >= 11 is 0. The Morgan fingerprint density at radius 1 is 1.20 bits per heavy atom. The molecular formula is C14H15N3O3. The standard InChI is InChI=1S/C14H15N3O3/c15-13(20)14(16,8-4-2-1-3-5-8)7-17-11(18)9-6-10(9)12(17)19/h1-5,9-10H,6-7,16H2,(H2,15,20). The molecule has 3 amide bonds. The number of hydrogen-bond acceptors (Lipinski definition) is 4. The first-order chi connectivity index (χ1) is 9.45. The first-order valence-electron chi connectivity index (χ1n) is 6.44. The number of likely N-dealkylation sites (tertiary alicyclic amines) is 1. The Kier molecular flexibility index (Phi) is 2.65. The molecule has 1 aromatic rings. The van der Waals surface area contributed by atoms with Gasteiger partial charge in [-0.2, -0.15) is 0 Å². The van der Waals surface area contributed by atoms with Gasteiger partial charge in [-0.1, -0.05) is 30.3 Å². The number of benzene rings is 1. The van der Waals surface area contributed by atoms with Crippen LogP contribution < -0.4 is 11.5 Å². The van der Waals surface area contributed by atoms with Gasteiger partial charge < -0.3 is 11.5 Å². The predicted octanol–water partition coefficient (Wildman–Crippen LogP) is -0.669. The summed E-state index contributed by atoms with van der Waals surface area (Å²) in [4.78, 5) is 36.8. The molecule has 1 aromatic carbocycles.